The van der Waals surface area contributed by atoms with E-state index in [2.05, 4.69) is 72.6 Å². The number of nitrogens with zero attached hydrogens (tertiary/aromatic N) is 2. The summed E-state index contributed by atoms with van der Waals surface area (Å²) >= 11 is 1.83. The van der Waals surface area contributed by atoms with Crippen molar-refractivity contribution in [1.29, 1.82) is 0 Å². The van der Waals surface area contributed by atoms with Crippen molar-refractivity contribution in [2.75, 3.05) is 6.54 Å². The second kappa shape index (κ2) is 6.55. The number of nitrogens with one attached hydrogen (secondary N) is 1. The molecule has 0 saturated carbocycles. The van der Waals surface area contributed by atoms with Crippen molar-refractivity contribution in [3.8, 4) is 0 Å². The number of rotatable bonds is 7. The lowest BCUT2D eigenvalue weighted by Crippen LogP contribution is -2.32. The van der Waals surface area contributed by atoms with Crippen LogP contribution in [0.4, 0.5) is 0 Å². The molecule has 4 heteroatoms. The number of thiophene rings is 1. The molecule has 0 amide bonds. The molecule has 0 saturated heterocycles. The highest BCUT2D eigenvalue weighted by Crippen LogP contribution is 2.26. The summed E-state index contributed by atoms with van der Waals surface area (Å²) in [6.07, 6.45) is 3.19. The van der Waals surface area contributed by atoms with E-state index < -0.39 is 0 Å². The van der Waals surface area contributed by atoms with Crippen LogP contribution < -0.4 is 5.32 Å². The zero-order valence-electron chi connectivity index (χ0n) is 12.9. The fraction of sp³-hybridized carbons (Fsp3) is 0.562. The molecule has 1 N–H and O–H groups in total. The van der Waals surface area contributed by atoms with Crippen LogP contribution >= 0.6 is 11.3 Å². The Hall–Kier alpha value is -1.13. The molecule has 3 nitrogen and oxygen atoms in total. The topological polar surface area (TPSA) is 29.9 Å². The summed E-state index contributed by atoms with van der Waals surface area (Å²) in [7, 11) is 0. The number of aromatic nitrogens is 2. The molecule has 0 aliphatic rings. The minimum atomic E-state index is 0.174. The average Bonchev–Trinajstić information content (AvgIpc) is 3.09. The van der Waals surface area contributed by atoms with E-state index >= 15 is 0 Å². The van der Waals surface area contributed by atoms with Crippen LogP contribution in [0.1, 0.15) is 50.7 Å². The van der Waals surface area contributed by atoms with Crippen LogP contribution in [-0.4, -0.2) is 16.3 Å². The van der Waals surface area contributed by atoms with Crippen LogP contribution in [0.5, 0.6) is 0 Å². The lowest BCUT2D eigenvalue weighted by atomic mass is 9.91. The maximum Gasteiger partial charge on any atom is 0.0762 e. The Kier molecular flexibility index (Phi) is 5.00. The molecule has 1 atom stereocenters. The van der Waals surface area contributed by atoms with E-state index in [0.29, 0.717) is 6.04 Å². The Morgan fingerprint density at radius 2 is 2.20 bits per heavy atom. The van der Waals surface area contributed by atoms with Gasteiger partial charge in [-0.3, -0.25) is 4.68 Å². The smallest absolute Gasteiger partial charge is 0.0762 e. The van der Waals surface area contributed by atoms with Gasteiger partial charge in [-0.05, 0) is 30.9 Å². The lowest BCUT2D eigenvalue weighted by molar-refractivity contribution is 0.457. The lowest BCUT2D eigenvalue weighted by Gasteiger charge is -2.23. The van der Waals surface area contributed by atoms with Crippen molar-refractivity contribution in [2.45, 2.75) is 52.1 Å². The first-order chi connectivity index (χ1) is 9.53. The molecule has 0 spiro atoms. The molecule has 2 aromatic rings. The third-order valence-electron chi connectivity index (χ3n) is 3.77. The van der Waals surface area contributed by atoms with Crippen LogP contribution in [0.3, 0.4) is 0 Å². The summed E-state index contributed by atoms with van der Waals surface area (Å²) in [6.45, 7) is 10.7. The van der Waals surface area contributed by atoms with E-state index in [1.807, 2.05) is 11.3 Å². The minimum absolute atomic E-state index is 0.174. The van der Waals surface area contributed by atoms with Crippen molar-refractivity contribution < 1.29 is 0 Å². The van der Waals surface area contributed by atoms with Gasteiger partial charge in [0.25, 0.3) is 0 Å². The van der Waals surface area contributed by atoms with E-state index in [4.69, 9.17) is 0 Å². The fourth-order valence-electron chi connectivity index (χ4n) is 2.16. The first kappa shape index (κ1) is 15.3. The molecular formula is C16H25N3S. The maximum atomic E-state index is 4.62. The zero-order valence-corrected chi connectivity index (χ0v) is 13.7. The van der Waals surface area contributed by atoms with Crippen LogP contribution in [0.15, 0.2) is 29.8 Å². The standard InChI is InChI=1S/C16H25N3S/c1-5-13(2)19-9-8-14(18-19)11-17-12-16(3,4)15-7-6-10-20-15/h6-10,13,17H,5,11-12H2,1-4H3. The second-order valence-electron chi connectivity index (χ2n) is 6.01. The monoisotopic (exact) mass is 291 g/mol. The van der Waals surface area contributed by atoms with Crippen molar-refractivity contribution in [1.82, 2.24) is 15.1 Å². The Bertz CT molecular complexity index is 514. The van der Waals surface area contributed by atoms with Crippen molar-refractivity contribution in [2.24, 2.45) is 0 Å². The first-order valence-electron chi connectivity index (χ1n) is 7.31. The molecule has 2 heterocycles. The quantitative estimate of drug-likeness (QED) is 0.836. The van der Waals surface area contributed by atoms with Gasteiger partial charge in [-0.15, -0.1) is 11.3 Å². The van der Waals surface area contributed by atoms with E-state index in [0.717, 1.165) is 25.2 Å². The summed E-state index contributed by atoms with van der Waals surface area (Å²) in [5, 5.41) is 10.3. The van der Waals surface area contributed by atoms with Crippen molar-refractivity contribution >= 4 is 11.3 Å². The Morgan fingerprint density at radius 1 is 1.40 bits per heavy atom. The molecule has 1 unspecified atom stereocenters. The normalized spacial score (nSPS) is 13.6. The molecule has 0 aromatic carbocycles. The summed E-state index contributed by atoms with van der Waals surface area (Å²) < 4.78 is 2.06. The largest absolute Gasteiger partial charge is 0.310 e. The predicted molar refractivity (Wildman–Crippen MR) is 86.3 cm³/mol. The molecule has 110 valence electrons. The number of hydrogen-bond acceptors (Lipinski definition) is 3. The Morgan fingerprint density at radius 3 is 2.85 bits per heavy atom. The van der Waals surface area contributed by atoms with Crippen LogP contribution in [0.25, 0.3) is 0 Å². The van der Waals surface area contributed by atoms with Gasteiger partial charge in [-0.2, -0.15) is 5.10 Å². The summed E-state index contributed by atoms with van der Waals surface area (Å²) in [5.41, 5.74) is 1.29. The maximum absolute atomic E-state index is 4.62. The van der Waals surface area contributed by atoms with E-state index in [9.17, 15) is 0 Å². The van der Waals surface area contributed by atoms with Gasteiger partial charge < -0.3 is 5.32 Å². The van der Waals surface area contributed by atoms with Crippen LogP contribution in [-0.2, 0) is 12.0 Å². The van der Waals surface area contributed by atoms with Crippen LogP contribution in [0.2, 0.25) is 0 Å². The van der Waals surface area contributed by atoms with Gasteiger partial charge >= 0.3 is 0 Å². The highest BCUT2D eigenvalue weighted by molar-refractivity contribution is 7.10. The summed E-state index contributed by atoms with van der Waals surface area (Å²) in [4.78, 5) is 1.43. The molecule has 0 fully saturated rings. The number of hydrogen-bond donors (Lipinski definition) is 1. The SMILES string of the molecule is CCC(C)n1ccc(CNCC(C)(C)c2cccs2)n1. The predicted octanol–water partition coefficient (Wildman–Crippen LogP) is 3.98. The summed E-state index contributed by atoms with van der Waals surface area (Å²) in [5.74, 6) is 0. The minimum Gasteiger partial charge on any atom is -0.310 e. The Balaban J connectivity index is 1.85. The third-order valence-corrected chi connectivity index (χ3v) is 5.00. The van der Waals surface area contributed by atoms with Crippen molar-refractivity contribution in [3.63, 3.8) is 0 Å². The zero-order chi connectivity index (χ0) is 14.6. The van der Waals surface area contributed by atoms with E-state index in [1.54, 1.807) is 0 Å². The third kappa shape index (κ3) is 3.70. The van der Waals surface area contributed by atoms with Gasteiger partial charge in [0.05, 0.1) is 5.69 Å². The molecule has 2 rings (SSSR count). The molecule has 20 heavy (non-hydrogen) atoms. The van der Waals surface area contributed by atoms with Gasteiger partial charge in [0.15, 0.2) is 0 Å². The molecule has 0 aliphatic carbocycles. The Labute approximate surface area is 126 Å². The van der Waals surface area contributed by atoms with Crippen molar-refractivity contribution in [3.05, 3.63) is 40.3 Å². The molecule has 0 aliphatic heterocycles. The average molecular weight is 291 g/mol. The first-order valence-corrected chi connectivity index (χ1v) is 8.19. The molecular weight excluding hydrogens is 266 g/mol. The highest BCUT2D eigenvalue weighted by Gasteiger charge is 2.21. The van der Waals surface area contributed by atoms with Gasteiger partial charge in [-0.25, -0.2) is 0 Å². The van der Waals surface area contributed by atoms with Gasteiger partial charge in [-0.1, -0.05) is 26.8 Å². The van der Waals surface area contributed by atoms with E-state index in [1.165, 1.54) is 4.88 Å². The van der Waals surface area contributed by atoms with Crippen LogP contribution in [0, 0.1) is 0 Å². The highest BCUT2D eigenvalue weighted by atomic mass is 32.1. The molecule has 0 radical (unpaired) electrons. The molecule has 2 aromatic heterocycles. The van der Waals surface area contributed by atoms with Gasteiger partial charge in [0.2, 0.25) is 0 Å². The van der Waals surface area contributed by atoms with Gasteiger partial charge in [0.1, 0.15) is 0 Å². The van der Waals surface area contributed by atoms with E-state index in [-0.39, 0.29) is 5.41 Å². The second-order valence-corrected chi connectivity index (χ2v) is 6.96. The summed E-state index contributed by atoms with van der Waals surface area (Å²) in [6, 6.07) is 6.92. The van der Waals surface area contributed by atoms with Gasteiger partial charge in [0, 0.05) is 35.6 Å². The molecule has 0 bridgehead atoms. The fourth-order valence-corrected chi connectivity index (χ4v) is 3.01.